The van der Waals surface area contributed by atoms with E-state index >= 15 is 0 Å². The zero-order chi connectivity index (χ0) is 28.5. The number of hydrogen-bond donors (Lipinski definition) is 4. The van der Waals surface area contributed by atoms with Crippen LogP contribution in [0.5, 0.6) is 11.5 Å². The fourth-order valence-corrected chi connectivity index (χ4v) is 5.60. The van der Waals surface area contributed by atoms with Crippen LogP contribution in [0.25, 0.3) is 33.3 Å². The first-order chi connectivity index (χ1) is 19.9. The molecule has 7 nitrogen and oxygen atoms in total. The maximum Gasteiger partial charge on any atom is 0.255 e. The largest absolute Gasteiger partial charge is 0.508 e. The number of carbonyl (C=O) groups is 1. The molecule has 0 atom stereocenters. The van der Waals surface area contributed by atoms with Crippen molar-refractivity contribution in [2.24, 2.45) is 0 Å². The number of hydrogen-bond acceptors (Lipinski definition) is 5. The first kappa shape index (κ1) is 26.9. The summed E-state index contributed by atoms with van der Waals surface area (Å²) in [5.41, 5.74) is 6.99. The van der Waals surface area contributed by atoms with Gasteiger partial charge in [-0.15, -0.1) is 0 Å². The normalized spacial score (nSPS) is 13.5. The summed E-state index contributed by atoms with van der Waals surface area (Å²) in [4.78, 5) is 19.1. The van der Waals surface area contributed by atoms with Crippen LogP contribution in [0.1, 0.15) is 22.8 Å². The average molecular weight is 613 g/mol. The Morgan fingerprint density at radius 3 is 2.39 bits per heavy atom. The molecule has 208 valence electrons. The molecule has 1 aliphatic rings. The number of halogens is 1. The van der Waals surface area contributed by atoms with Crippen molar-refractivity contribution in [3.8, 4) is 33.9 Å². The predicted molar refractivity (Wildman–Crippen MR) is 167 cm³/mol. The molecular formula is C33H30BrN3O4. The lowest BCUT2D eigenvalue weighted by molar-refractivity contribution is 0.102. The number of aryl methyl sites for hydroxylation is 1. The number of amides is 1. The van der Waals surface area contributed by atoms with Crippen molar-refractivity contribution >= 4 is 44.1 Å². The van der Waals surface area contributed by atoms with Gasteiger partial charge >= 0.3 is 0 Å². The number of nitrogens with zero attached hydrogens (tertiary/aromatic N) is 1. The van der Waals surface area contributed by atoms with Crippen LogP contribution in [0.3, 0.4) is 0 Å². The molecule has 1 saturated heterocycles. The van der Waals surface area contributed by atoms with Gasteiger partial charge in [-0.05, 0) is 78.2 Å². The van der Waals surface area contributed by atoms with E-state index in [1.54, 1.807) is 6.07 Å². The summed E-state index contributed by atoms with van der Waals surface area (Å²) in [5.74, 6) is -0.175. The number of aromatic hydroxyl groups is 2. The molecule has 1 fully saturated rings. The van der Waals surface area contributed by atoms with Gasteiger partial charge in [0.1, 0.15) is 11.5 Å². The van der Waals surface area contributed by atoms with Crippen molar-refractivity contribution in [1.29, 1.82) is 0 Å². The number of aromatic nitrogens is 1. The van der Waals surface area contributed by atoms with Crippen LogP contribution >= 0.6 is 15.9 Å². The van der Waals surface area contributed by atoms with Gasteiger partial charge in [0, 0.05) is 62.6 Å². The highest BCUT2D eigenvalue weighted by Crippen LogP contribution is 2.43. The van der Waals surface area contributed by atoms with E-state index in [0.29, 0.717) is 23.2 Å². The van der Waals surface area contributed by atoms with E-state index in [9.17, 15) is 15.0 Å². The second-order valence-corrected chi connectivity index (χ2v) is 11.0. The van der Waals surface area contributed by atoms with Crippen molar-refractivity contribution in [1.82, 2.24) is 4.98 Å². The number of benzene rings is 4. The monoisotopic (exact) mass is 611 g/mol. The fourth-order valence-electron chi connectivity index (χ4n) is 5.34. The first-order valence-corrected chi connectivity index (χ1v) is 14.4. The number of fused-ring (bicyclic) bond motifs is 1. The van der Waals surface area contributed by atoms with E-state index in [0.717, 1.165) is 69.7 Å². The number of H-pyrrole nitrogens is 1. The summed E-state index contributed by atoms with van der Waals surface area (Å²) in [6, 6.07) is 24.5. The van der Waals surface area contributed by atoms with Crippen molar-refractivity contribution in [3.63, 3.8) is 0 Å². The molecule has 41 heavy (non-hydrogen) atoms. The van der Waals surface area contributed by atoms with Gasteiger partial charge in [-0.1, -0.05) is 35.0 Å². The Balaban J connectivity index is 1.38. The van der Waals surface area contributed by atoms with Gasteiger partial charge in [-0.3, -0.25) is 4.79 Å². The number of rotatable bonds is 6. The number of nitrogens with one attached hydrogen (secondary N) is 2. The van der Waals surface area contributed by atoms with Crippen molar-refractivity contribution in [3.05, 3.63) is 94.5 Å². The molecule has 4 N–H and O–H groups in total. The maximum absolute atomic E-state index is 13.4. The van der Waals surface area contributed by atoms with Crippen LogP contribution in [0.15, 0.2) is 83.3 Å². The number of phenolic OH excluding ortho intramolecular Hbond substituents is 2. The van der Waals surface area contributed by atoms with Gasteiger partial charge in [0.05, 0.1) is 18.9 Å². The molecule has 0 unspecified atom stereocenters. The van der Waals surface area contributed by atoms with Crippen LogP contribution in [0.4, 0.5) is 11.4 Å². The van der Waals surface area contributed by atoms with Gasteiger partial charge in [0.15, 0.2) is 0 Å². The minimum Gasteiger partial charge on any atom is -0.508 e. The number of aromatic amines is 1. The van der Waals surface area contributed by atoms with Crippen molar-refractivity contribution in [2.75, 3.05) is 36.5 Å². The second kappa shape index (κ2) is 11.3. The third-order valence-electron chi connectivity index (χ3n) is 7.54. The van der Waals surface area contributed by atoms with Crippen LogP contribution in [-0.2, 0) is 11.2 Å². The quantitative estimate of drug-likeness (QED) is 0.161. The standard InChI is InChI=1S/C33H30BrN3O4/c1-2-20-17-27(30(39)19-29(20)38)32-31(21-3-6-23(34)7-4-21)26-18-22(5-12-28(26)36-32)33(40)35-24-8-10-25(11-9-24)37-13-15-41-16-14-37/h3-12,17-19,36,38-39H,2,13-16H2,1H3,(H,35,40). The minimum absolute atomic E-state index is 0.0249. The van der Waals surface area contributed by atoms with Crippen molar-refractivity contribution in [2.45, 2.75) is 13.3 Å². The first-order valence-electron chi connectivity index (χ1n) is 13.6. The van der Waals surface area contributed by atoms with Crippen molar-refractivity contribution < 1.29 is 19.7 Å². The van der Waals surface area contributed by atoms with E-state index in [4.69, 9.17) is 4.74 Å². The Hall–Kier alpha value is -4.27. The van der Waals surface area contributed by atoms with E-state index in [-0.39, 0.29) is 17.4 Å². The van der Waals surface area contributed by atoms with Gasteiger partial charge in [0.25, 0.3) is 5.91 Å². The molecule has 0 radical (unpaired) electrons. The third kappa shape index (κ3) is 5.40. The minimum atomic E-state index is -0.212. The zero-order valence-corrected chi connectivity index (χ0v) is 24.2. The van der Waals surface area contributed by atoms with E-state index < -0.39 is 0 Å². The lowest BCUT2D eigenvalue weighted by Gasteiger charge is -2.28. The van der Waals surface area contributed by atoms with Crippen LogP contribution in [0, 0.1) is 0 Å². The highest BCUT2D eigenvalue weighted by atomic mass is 79.9. The Kier molecular flexibility index (Phi) is 7.43. The second-order valence-electron chi connectivity index (χ2n) is 10.1. The van der Waals surface area contributed by atoms with Crippen LogP contribution in [-0.4, -0.2) is 47.4 Å². The Morgan fingerprint density at radius 1 is 0.951 bits per heavy atom. The van der Waals surface area contributed by atoms with Gasteiger partial charge < -0.3 is 30.2 Å². The molecule has 4 aromatic carbocycles. The van der Waals surface area contributed by atoms with E-state index in [2.05, 4.69) is 31.1 Å². The van der Waals surface area contributed by atoms with Crippen LogP contribution in [0.2, 0.25) is 0 Å². The summed E-state index contributed by atoms with van der Waals surface area (Å²) in [7, 11) is 0. The Labute approximate surface area is 246 Å². The SMILES string of the molecule is CCc1cc(-c2[nH]c3ccc(C(=O)Nc4ccc(N5CCOCC5)cc4)cc3c2-c2ccc(Br)cc2)c(O)cc1O. The number of carbonyl (C=O) groups excluding carboxylic acids is 1. The summed E-state index contributed by atoms with van der Waals surface area (Å²) in [6.07, 6.45) is 0.616. The zero-order valence-electron chi connectivity index (χ0n) is 22.6. The predicted octanol–water partition coefficient (Wildman–Crippen LogP) is 7.33. The lowest BCUT2D eigenvalue weighted by atomic mass is 9.95. The number of phenols is 2. The average Bonchev–Trinajstić information content (AvgIpc) is 3.37. The van der Waals surface area contributed by atoms with Gasteiger partial charge in [-0.2, -0.15) is 0 Å². The highest BCUT2D eigenvalue weighted by Gasteiger charge is 2.21. The van der Waals surface area contributed by atoms with Crippen LogP contribution < -0.4 is 10.2 Å². The smallest absolute Gasteiger partial charge is 0.255 e. The Morgan fingerprint density at radius 2 is 1.68 bits per heavy atom. The Bertz CT molecular complexity index is 1720. The summed E-state index contributed by atoms with van der Waals surface area (Å²) < 4.78 is 6.39. The summed E-state index contributed by atoms with van der Waals surface area (Å²) in [5, 5.41) is 25.0. The maximum atomic E-state index is 13.4. The molecule has 5 aromatic rings. The molecule has 6 rings (SSSR count). The number of ether oxygens (including phenoxy) is 1. The van der Waals surface area contributed by atoms with Gasteiger partial charge in [-0.25, -0.2) is 0 Å². The molecule has 1 aliphatic heterocycles. The molecule has 0 aliphatic carbocycles. The molecule has 2 heterocycles. The summed E-state index contributed by atoms with van der Waals surface area (Å²) in [6.45, 7) is 5.10. The molecular weight excluding hydrogens is 582 g/mol. The molecule has 0 spiro atoms. The molecule has 0 saturated carbocycles. The highest BCUT2D eigenvalue weighted by molar-refractivity contribution is 9.10. The summed E-state index contributed by atoms with van der Waals surface area (Å²) >= 11 is 3.51. The molecule has 8 heteroatoms. The number of morpholine rings is 1. The molecule has 0 bridgehead atoms. The van der Waals surface area contributed by atoms with E-state index in [1.807, 2.05) is 73.7 Å². The topological polar surface area (TPSA) is 97.8 Å². The molecule has 1 aromatic heterocycles. The number of anilines is 2. The lowest BCUT2D eigenvalue weighted by Crippen LogP contribution is -2.36. The van der Waals surface area contributed by atoms with Gasteiger partial charge in [0.2, 0.25) is 0 Å². The fraction of sp³-hybridized carbons (Fsp3) is 0.182. The van der Waals surface area contributed by atoms with E-state index in [1.165, 1.54) is 6.07 Å². The third-order valence-corrected chi connectivity index (χ3v) is 8.07. The molecule has 1 amide bonds.